The van der Waals surface area contributed by atoms with Gasteiger partial charge < -0.3 is 5.11 Å². The molecule has 6 heteroatoms. The summed E-state index contributed by atoms with van der Waals surface area (Å²) >= 11 is 0. The molecule has 3 rings (SSSR count). The van der Waals surface area contributed by atoms with E-state index in [-0.39, 0.29) is 16.8 Å². The highest BCUT2D eigenvalue weighted by Crippen LogP contribution is 2.37. The zero-order valence-corrected chi connectivity index (χ0v) is 13.7. The van der Waals surface area contributed by atoms with Crippen molar-refractivity contribution in [1.29, 1.82) is 0 Å². The molecule has 0 unspecified atom stereocenters. The van der Waals surface area contributed by atoms with Gasteiger partial charge in [-0.1, -0.05) is 60.2 Å². The Morgan fingerprint density at radius 3 is 2.12 bits per heavy atom. The fraction of sp³-hybridized carbons (Fsp3) is 0.100. The second-order valence-electron chi connectivity index (χ2n) is 5.81. The molecule has 0 aliphatic heterocycles. The van der Waals surface area contributed by atoms with Gasteiger partial charge in [0.25, 0.3) is 0 Å². The normalized spacial score (nSPS) is 11.4. The van der Waals surface area contributed by atoms with Crippen molar-refractivity contribution in [3.05, 3.63) is 77.5 Å². The number of hydrogen-bond acceptors (Lipinski definition) is 2. The van der Waals surface area contributed by atoms with Crippen molar-refractivity contribution in [3.8, 4) is 22.4 Å². The molecule has 3 nitrogen and oxygen atoms in total. The SMILES string of the molecule is Cc1ccc(-c2cc(C(F)(F)F)nc(-c3ccccc3)c2C(=O)O)cc1. The Bertz CT molecular complexity index is 949. The predicted octanol–water partition coefficient (Wildman–Crippen LogP) is 5.44. The van der Waals surface area contributed by atoms with E-state index in [2.05, 4.69) is 4.98 Å². The van der Waals surface area contributed by atoms with Crippen molar-refractivity contribution in [2.75, 3.05) is 0 Å². The zero-order valence-electron chi connectivity index (χ0n) is 13.7. The van der Waals surface area contributed by atoms with Crippen LogP contribution >= 0.6 is 0 Å². The van der Waals surface area contributed by atoms with Gasteiger partial charge in [-0.05, 0) is 18.6 Å². The smallest absolute Gasteiger partial charge is 0.433 e. The van der Waals surface area contributed by atoms with Gasteiger partial charge in [0.15, 0.2) is 0 Å². The first-order chi connectivity index (χ1) is 12.3. The van der Waals surface area contributed by atoms with Crippen LogP contribution in [0.3, 0.4) is 0 Å². The molecule has 0 amide bonds. The van der Waals surface area contributed by atoms with Crippen LogP contribution in [0.1, 0.15) is 21.6 Å². The summed E-state index contributed by atoms with van der Waals surface area (Å²) in [7, 11) is 0. The number of pyridine rings is 1. The number of aromatic nitrogens is 1. The van der Waals surface area contributed by atoms with E-state index in [9.17, 15) is 23.1 Å². The van der Waals surface area contributed by atoms with Crippen molar-refractivity contribution in [2.24, 2.45) is 0 Å². The standard InChI is InChI=1S/C20H14F3NO2/c1-12-7-9-13(10-8-12)15-11-16(20(21,22)23)24-18(17(15)19(25)26)14-5-3-2-4-6-14/h2-11H,1H3,(H,25,26). The summed E-state index contributed by atoms with van der Waals surface area (Å²) in [6.45, 7) is 1.84. The number of halogens is 3. The predicted molar refractivity (Wildman–Crippen MR) is 91.8 cm³/mol. The third-order valence-electron chi connectivity index (χ3n) is 3.93. The summed E-state index contributed by atoms with van der Waals surface area (Å²) in [5, 5.41) is 9.70. The summed E-state index contributed by atoms with van der Waals surface area (Å²) in [5.41, 5.74) is 0.00797. The number of alkyl halides is 3. The molecular formula is C20H14F3NO2. The van der Waals surface area contributed by atoms with Gasteiger partial charge >= 0.3 is 12.1 Å². The van der Waals surface area contributed by atoms with Gasteiger partial charge in [-0.25, -0.2) is 9.78 Å². The first kappa shape index (κ1) is 17.7. The first-order valence-corrected chi connectivity index (χ1v) is 7.75. The number of carbonyl (C=O) groups is 1. The Morgan fingerprint density at radius 2 is 1.58 bits per heavy atom. The zero-order chi connectivity index (χ0) is 18.9. The summed E-state index contributed by atoms with van der Waals surface area (Å²) in [5.74, 6) is -1.33. The molecule has 0 saturated heterocycles. The highest BCUT2D eigenvalue weighted by molar-refractivity contribution is 6.02. The molecule has 0 spiro atoms. The van der Waals surface area contributed by atoms with Gasteiger partial charge in [-0.15, -0.1) is 0 Å². The molecular weight excluding hydrogens is 343 g/mol. The van der Waals surface area contributed by atoms with Crippen molar-refractivity contribution >= 4 is 5.97 Å². The number of rotatable bonds is 3. The Kier molecular flexibility index (Phi) is 4.50. The largest absolute Gasteiger partial charge is 0.478 e. The van der Waals surface area contributed by atoms with E-state index in [4.69, 9.17) is 0 Å². The average molecular weight is 357 g/mol. The van der Waals surface area contributed by atoms with Gasteiger partial charge in [-0.2, -0.15) is 13.2 Å². The van der Waals surface area contributed by atoms with E-state index in [1.54, 1.807) is 42.5 Å². The maximum absolute atomic E-state index is 13.4. The lowest BCUT2D eigenvalue weighted by Gasteiger charge is -2.16. The molecule has 1 aromatic heterocycles. The maximum atomic E-state index is 13.4. The average Bonchev–Trinajstić information content (AvgIpc) is 2.61. The monoisotopic (exact) mass is 357 g/mol. The van der Waals surface area contributed by atoms with E-state index in [0.717, 1.165) is 11.6 Å². The van der Waals surface area contributed by atoms with Crippen molar-refractivity contribution < 1.29 is 23.1 Å². The Morgan fingerprint density at radius 1 is 0.962 bits per heavy atom. The molecule has 132 valence electrons. The number of aromatic carboxylic acids is 1. The minimum absolute atomic E-state index is 0.0151. The highest BCUT2D eigenvalue weighted by atomic mass is 19.4. The second kappa shape index (κ2) is 6.63. The van der Waals surface area contributed by atoms with Gasteiger partial charge in [0.1, 0.15) is 5.69 Å². The lowest BCUT2D eigenvalue weighted by molar-refractivity contribution is -0.141. The van der Waals surface area contributed by atoms with E-state index in [1.165, 1.54) is 12.1 Å². The fourth-order valence-corrected chi connectivity index (χ4v) is 2.67. The summed E-state index contributed by atoms with van der Waals surface area (Å²) in [6, 6.07) is 15.4. The molecule has 1 N–H and O–H groups in total. The quantitative estimate of drug-likeness (QED) is 0.679. The van der Waals surface area contributed by atoms with Crippen LogP contribution in [0.5, 0.6) is 0 Å². The lowest BCUT2D eigenvalue weighted by Crippen LogP contribution is -2.13. The molecule has 3 aromatic rings. The number of hydrogen-bond donors (Lipinski definition) is 1. The van der Waals surface area contributed by atoms with Crippen LogP contribution in [0.25, 0.3) is 22.4 Å². The molecule has 0 fully saturated rings. The highest BCUT2D eigenvalue weighted by Gasteiger charge is 2.35. The number of carboxylic acids is 1. The lowest BCUT2D eigenvalue weighted by atomic mass is 9.94. The maximum Gasteiger partial charge on any atom is 0.433 e. The van der Waals surface area contributed by atoms with Crippen molar-refractivity contribution in [2.45, 2.75) is 13.1 Å². The van der Waals surface area contributed by atoms with Crippen LogP contribution in [0, 0.1) is 6.92 Å². The third kappa shape index (κ3) is 3.44. The molecule has 26 heavy (non-hydrogen) atoms. The van der Waals surface area contributed by atoms with Crippen LogP contribution in [-0.4, -0.2) is 16.1 Å². The van der Waals surface area contributed by atoms with Gasteiger partial charge in [0.2, 0.25) is 0 Å². The Labute approximate surface area is 147 Å². The van der Waals surface area contributed by atoms with E-state index < -0.39 is 17.8 Å². The van der Waals surface area contributed by atoms with E-state index in [0.29, 0.717) is 11.1 Å². The molecule has 0 radical (unpaired) electrons. The topological polar surface area (TPSA) is 50.2 Å². The van der Waals surface area contributed by atoms with Gasteiger partial charge in [0, 0.05) is 11.1 Å². The molecule has 0 saturated carbocycles. The van der Waals surface area contributed by atoms with Crippen LogP contribution in [0.15, 0.2) is 60.7 Å². The molecule has 2 aromatic carbocycles. The molecule has 0 bridgehead atoms. The van der Waals surface area contributed by atoms with Gasteiger partial charge in [-0.3, -0.25) is 0 Å². The van der Waals surface area contributed by atoms with E-state index >= 15 is 0 Å². The minimum atomic E-state index is -4.69. The molecule has 0 aliphatic carbocycles. The molecule has 0 aliphatic rings. The Balaban J connectivity index is 2.38. The fourth-order valence-electron chi connectivity index (χ4n) is 2.67. The summed E-state index contributed by atoms with van der Waals surface area (Å²) in [4.78, 5) is 15.5. The van der Waals surface area contributed by atoms with Crippen LogP contribution in [-0.2, 0) is 6.18 Å². The van der Waals surface area contributed by atoms with E-state index in [1.807, 2.05) is 6.92 Å². The summed E-state index contributed by atoms with van der Waals surface area (Å²) in [6.07, 6.45) is -4.69. The van der Waals surface area contributed by atoms with Crippen molar-refractivity contribution in [1.82, 2.24) is 4.98 Å². The van der Waals surface area contributed by atoms with Gasteiger partial charge in [0.05, 0.1) is 11.3 Å². The van der Waals surface area contributed by atoms with Crippen LogP contribution in [0.4, 0.5) is 13.2 Å². The number of nitrogens with zero attached hydrogens (tertiary/aromatic N) is 1. The molecule has 1 heterocycles. The first-order valence-electron chi connectivity index (χ1n) is 7.75. The molecule has 0 atom stereocenters. The Hall–Kier alpha value is -3.15. The third-order valence-corrected chi connectivity index (χ3v) is 3.93. The number of carboxylic acid groups (broad SMARTS) is 1. The minimum Gasteiger partial charge on any atom is -0.478 e. The second-order valence-corrected chi connectivity index (χ2v) is 5.81. The number of aryl methyl sites for hydroxylation is 1. The number of benzene rings is 2. The van der Waals surface area contributed by atoms with Crippen LogP contribution < -0.4 is 0 Å². The van der Waals surface area contributed by atoms with Crippen LogP contribution in [0.2, 0.25) is 0 Å². The summed E-state index contributed by atoms with van der Waals surface area (Å²) < 4.78 is 40.1. The van der Waals surface area contributed by atoms with Crippen molar-refractivity contribution in [3.63, 3.8) is 0 Å².